The van der Waals surface area contributed by atoms with Crippen molar-refractivity contribution in [2.75, 3.05) is 16.4 Å². The molecular formula is C17H20N4O2S2. The Morgan fingerprint density at radius 1 is 1.32 bits per heavy atom. The van der Waals surface area contributed by atoms with Gasteiger partial charge in [0, 0.05) is 19.6 Å². The Morgan fingerprint density at radius 3 is 2.72 bits per heavy atom. The molecule has 0 N–H and O–H groups in total. The van der Waals surface area contributed by atoms with E-state index in [1.54, 1.807) is 16.0 Å². The highest BCUT2D eigenvalue weighted by Gasteiger charge is 2.34. The third-order valence-corrected chi connectivity index (χ3v) is 7.56. The van der Waals surface area contributed by atoms with Crippen molar-refractivity contribution in [2.24, 2.45) is 7.05 Å². The van der Waals surface area contributed by atoms with Crippen LogP contribution in [0.2, 0.25) is 0 Å². The fourth-order valence-corrected chi connectivity index (χ4v) is 6.18. The van der Waals surface area contributed by atoms with E-state index in [2.05, 4.69) is 22.1 Å². The lowest BCUT2D eigenvalue weighted by Gasteiger charge is -2.27. The van der Waals surface area contributed by atoms with Gasteiger partial charge in [0.1, 0.15) is 0 Å². The summed E-state index contributed by atoms with van der Waals surface area (Å²) in [4.78, 5) is 6.93. The summed E-state index contributed by atoms with van der Waals surface area (Å²) in [5.41, 5.74) is 2.97. The van der Waals surface area contributed by atoms with Crippen molar-refractivity contribution in [3.05, 3.63) is 41.6 Å². The molecule has 2 aromatic heterocycles. The van der Waals surface area contributed by atoms with Gasteiger partial charge in [-0.25, -0.2) is 18.1 Å². The van der Waals surface area contributed by atoms with Gasteiger partial charge in [0.2, 0.25) is 0 Å². The van der Waals surface area contributed by atoms with E-state index in [4.69, 9.17) is 4.98 Å². The predicted octanol–water partition coefficient (Wildman–Crippen LogP) is 2.53. The first-order valence-corrected chi connectivity index (χ1v) is 10.9. The summed E-state index contributed by atoms with van der Waals surface area (Å²) in [5, 5.41) is 5.28. The largest absolute Gasteiger partial charge is 0.340 e. The van der Waals surface area contributed by atoms with Crippen molar-refractivity contribution >= 4 is 36.7 Å². The lowest BCUT2D eigenvalue weighted by molar-refractivity contribution is 0.598. The fraction of sp³-hybridized carbons (Fsp3) is 0.412. The standard InChI is InChI=1S/C17H20N4O2S2/c1-12-15-16(20(2)19-12)18-17(24-15)21(10-13-6-4-3-5-7-13)14-8-9-25(22,23)11-14/h3-7,14H,8-11H2,1-2H3/t14-/m0/s1. The van der Waals surface area contributed by atoms with Crippen LogP contribution in [-0.2, 0) is 23.4 Å². The molecule has 3 heterocycles. The summed E-state index contributed by atoms with van der Waals surface area (Å²) in [6.07, 6.45) is 0.655. The molecule has 1 fully saturated rings. The van der Waals surface area contributed by atoms with Gasteiger partial charge in [-0.05, 0) is 18.9 Å². The zero-order valence-corrected chi connectivity index (χ0v) is 15.8. The van der Waals surface area contributed by atoms with Gasteiger partial charge in [0.15, 0.2) is 20.6 Å². The number of nitrogens with zero attached hydrogens (tertiary/aromatic N) is 4. The summed E-state index contributed by atoms with van der Waals surface area (Å²) in [5.74, 6) is 0.460. The van der Waals surface area contributed by atoms with E-state index >= 15 is 0 Å². The van der Waals surface area contributed by atoms with Crippen LogP contribution in [0.1, 0.15) is 17.7 Å². The number of rotatable bonds is 4. The molecule has 1 atom stereocenters. The average molecular weight is 377 g/mol. The first-order chi connectivity index (χ1) is 11.9. The Hall–Kier alpha value is -1.93. The van der Waals surface area contributed by atoms with E-state index in [0.29, 0.717) is 13.0 Å². The number of anilines is 1. The van der Waals surface area contributed by atoms with Crippen LogP contribution in [0.4, 0.5) is 5.13 Å². The SMILES string of the molecule is Cc1nn(C)c2nc(N(Cc3ccccc3)[C@H]3CCS(=O)(=O)C3)sc12. The zero-order chi connectivity index (χ0) is 17.6. The van der Waals surface area contributed by atoms with Crippen LogP contribution in [0.25, 0.3) is 10.3 Å². The first kappa shape index (κ1) is 16.5. The molecule has 1 saturated heterocycles. The molecule has 0 saturated carbocycles. The molecule has 1 aliphatic heterocycles. The highest BCUT2D eigenvalue weighted by atomic mass is 32.2. The summed E-state index contributed by atoms with van der Waals surface area (Å²) in [6, 6.07) is 10.1. The number of aryl methyl sites for hydroxylation is 2. The van der Waals surface area contributed by atoms with Crippen molar-refractivity contribution in [1.82, 2.24) is 14.8 Å². The Kier molecular flexibility index (Phi) is 4.04. The summed E-state index contributed by atoms with van der Waals surface area (Å²) in [6.45, 7) is 2.64. The number of hydrogen-bond donors (Lipinski definition) is 0. The Balaban J connectivity index is 1.74. The quantitative estimate of drug-likeness (QED) is 0.700. The molecule has 0 spiro atoms. The Morgan fingerprint density at radius 2 is 2.08 bits per heavy atom. The minimum absolute atomic E-state index is 0.0287. The van der Waals surface area contributed by atoms with Gasteiger partial charge in [-0.15, -0.1) is 0 Å². The van der Waals surface area contributed by atoms with Crippen LogP contribution in [0.5, 0.6) is 0 Å². The van der Waals surface area contributed by atoms with E-state index < -0.39 is 9.84 Å². The van der Waals surface area contributed by atoms with Gasteiger partial charge in [-0.2, -0.15) is 5.10 Å². The zero-order valence-electron chi connectivity index (χ0n) is 14.2. The van der Waals surface area contributed by atoms with Gasteiger partial charge in [-0.3, -0.25) is 0 Å². The van der Waals surface area contributed by atoms with Crippen molar-refractivity contribution < 1.29 is 8.42 Å². The van der Waals surface area contributed by atoms with Crippen molar-refractivity contribution in [3.63, 3.8) is 0 Å². The van der Waals surface area contributed by atoms with E-state index in [0.717, 1.165) is 26.7 Å². The van der Waals surface area contributed by atoms with E-state index in [-0.39, 0.29) is 17.5 Å². The predicted molar refractivity (Wildman–Crippen MR) is 101 cm³/mol. The van der Waals surface area contributed by atoms with E-state index in [1.807, 2.05) is 32.2 Å². The van der Waals surface area contributed by atoms with Gasteiger partial charge < -0.3 is 4.90 Å². The normalized spacial score (nSPS) is 19.5. The second kappa shape index (κ2) is 6.10. The van der Waals surface area contributed by atoms with Crippen LogP contribution in [0.15, 0.2) is 30.3 Å². The molecular weight excluding hydrogens is 356 g/mol. The lowest BCUT2D eigenvalue weighted by atomic mass is 10.1. The van der Waals surface area contributed by atoms with Crippen molar-refractivity contribution in [2.45, 2.75) is 25.9 Å². The molecule has 0 radical (unpaired) electrons. The van der Waals surface area contributed by atoms with Crippen LogP contribution < -0.4 is 4.90 Å². The van der Waals surface area contributed by atoms with Gasteiger partial charge in [0.25, 0.3) is 0 Å². The number of thiazole rings is 1. The minimum atomic E-state index is -2.96. The third kappa shape index (κ3) is 3.16. The van der Waals surface area contributed by atoms with Gasteiger partial charge >= 0.3 is 0 Å². The summed E-state index contributed by atoms with van der Waals surface area (Å²) >= 11 is 1.60. The third-order valence-electron chi connectivity index (χ3n) is 4.62. The van der Waals surface area contributed by atoms with Crippen LogP contribution in [0.3, 0.4) is 0 Å². The molecule has 0 unspecified atom stereocenters. The smallest absolute Gasteiger partial charge is 0.188 e. The fourth-order valence-electron chi connectivity index (χ4n) is 3.35. The van der Waals surface area contributed by atoms with Crippen LogP contribution in [-0.4, -0.2) is 40.7 Å². The lowest BCUT2D eigenvalue weighted by Crippen LogP contribution is -2.35. The maximum atomic E-state index is 12.0. The number of benzene rings is 1. The molecule has 132 valence electrons. The summed E-state index contributed by atoms with van der Waals surface area (Å²) in [7, 11) is -1.07. The molecule has 0 bridgehead atoms. The van der Waals surface area contributed by atoms with Crippen molar-refractivity contribution in [3.8, 4) is 0 Å². The van der Waals surface area contributed by atoms with Crippen LogP contribution in [0, 0.1) is 6.92 Å². The van der Waals surface area contributed by atoms with E-state index in [9.17, 15) is 8.42 Å². The maximum Gasteiger partial charge on any atom is 0.188 e. The number of sulfone groups is 1. The monoisotopic (exact) mass is 376 g/mol. The second-order valence-electron chi connectivity index (χ2n) is 6.53. The maximum absolute atomic E-state index is 12.0. The molecule has 25 heavy (non-hydrogen) atoms. The first-order valence-electron chi connectivity index (χ1n) is 8.24. The molecule has 3 aromatic rings. The average Bonchev–Trinajstić information content (AvgIpc) is 3.23. The molecule has 8 heteroatoms. The molecule has 1 aliphatic rings. The molecule has 0 aliphatic carbocycles. The van der Waals surface area contributed by atoms with Gasteiger partial charge in [0.05, 0.1) is 21.9 Å². The molecule has 4 rings (SSSR count). The molecule has 0 amide bonds. The highest BCUT2D eigenvalue weighted by Crippen LogP contribution is 2.34. The number of aromatic nitrogens is 3. The van der Waals surface area contributed by atoms with E-state index in [1.165, 1.54) is 0 Å². The molecule has 6 nitrogen and oxygen atoms in total. The Bertz CT molecular complexity index is 974. The van der Waals surface area contributed by atoms with Crippen LogP contribution >= 0.6 is 11.3 Å². The van der Waals surface area contributed by atoms with Gasteiger partial charge in [-0.1, -0.05) is 41.7 Å². The van der Waals surface area contributed by atoms with Crippen molar-refractivity contribution in [1.29, 1.82) is 0 Å². The minimum Gasteiger partial charge on any atom is -0.340 e. The molecule has 1 aromatic carbocycles. The highest BCUT2D eigenvalue weighted by molar-refractivity contribution is 7.91. The Labute approximate surface area is 151 Å². The number of fused-ring (bicyclic) bond motifs is 1. The summed E-state index contributed by atoms with van der Waals surface area (Å²) < 4.78 is 26.9. The number of hydrogen-bond acceptors (Lipinski definition) is 6. The second-order valence-corrected chi connectivity index (χ2v) is 9.73. The topological polar surface area (TPSA) is 68.1 Å².